The van der Waals surface area contributed by atoms with Gasteiger partial charge in [-0.3, -0.25) is 9.52 Å². The molecule has 30 heavy (non-hydrogen) atoms. The van der Waals surface area contributed by atoms with Gasteiger partial charge in [0.25, 0.3) is 15.9 Å². The number of nitrogens with one attached hydrogen (secondary N) is 1. The molecule has 0 aliphatic rings. The lowest BCUT2D eigenvalue weighted by Crippen LogP contribution is -2.27. The van der Waals surface area contributed by atoms with Gasteiger partial charge in [-0.2, -0.15) is 0 Å². The van der Waals surface area contributed by atoms with Gasteiger partial charge in [-0.15, -0.1) is 0 Å². The molecule has 1 N–H and O–H groups in total. The number of hydrogen-bond donors (Lipinski definition) is 1. The van der Waals surface area contributed by atoms with E-state index in [1.807, 2.05) is 0 Å². The molecule has 0 heterocycles. The highest BCUT2D eigenvalue weighted by Crippen LogP contribution is 2.21. The second-order valence-electron chi connectivity index (χ2n) is 6.88. The predicted molar refractivity (Wildman–Crippen MR) is 111 cm³/mol. The van der Waals surface area contributed by atoms with Gasteiger partial charge in [0.05, 0.1) is 4.90 Å². The van der Waals surface area contributed by atoms with Gasteiger partial charge in [-0.1, -0.05) is 18.2 Å². The van der Waals surface area contributed by atoms with E-state index in [-0.39, 0.29) is 34.4 Å². The van der Waals surface area contributed by atoms with Crippen molar-refractivity contribution in [1.29, 1.82) is 0 Å². The number of benzene rings is 3. The fourth-order valence-electron chi connectivity index (χ4n) is 2.87. The number of nitrogens with zero attached hydrogens (tertiary/aromatic N) is 1. The molecule has 1 amide bonds. The maximum atomic E-state index is 13.1. The molecule has 0 saturated heterocycles. The highest BCUT2D eigenvalue weighted by atomic mass is 32.2. The number of aryl methyl sites for hydroxylation is 1. The molecule has 5 nitrogen and oxygen atoms in total. The van der Waals surface area contributed by atoms with Crippen LogP contribution in [0.3, 0.4) is 0 Å². The van der Waals surface area contributed by atoms with Crippen LogP contribution in [0, 0.1) is 18.6 Å². The Balaban J connectivity index is 1.83. The molecule has 3 rings (SSSR count). The van der Waals surface area contributed by atoms with Crippen molar-refractivity contribution in [2.45, 2.75) is 18.4 Å². The molecule has 0 spiro atoms. The summed E-state index contributed by atoms with van der Waals surface area (Å²) in [7, 11) is -2.39. The smallest absolute Gasteiger partial charge is 0.261 e. The van der Waals surface area contributed by atoms with Gasteiger partial charge in [0.2, 0.25) is 0 Å². The number of carbonyl (C=O) groups excluding carboxylic acids is 1. The van der Waals surface area contributed by atoms with Gasteiger partial charge in [0.1, 0.15) is 11.6 Å². The Morgan fingerprint density at radius 3 is 2.10 bits per heavy atom. The zero-order valence-electron chi connectivity index (χ0n) is 16.4. The van der Waals surface area contributed by atoms with E-state index >= 15 is 0 Å². The van der Waals surface area contributed by atoms with Gasteiger partial charge in [0.15, 0.2) is 0 Å². The third kappa shape index (κ3) is 5.01. The minimum atomic E-state index is -3.97. The summed E-state index contributed by atoms with van der Waals surface area (Å²) < 4.78 is 53.9. The lowest BCUT2D eigenvalue weighted by molar-refractivity contribution is 0.0784. The summed E-state index contributed by atoms with van der Waals surface area (Å²) in [5, 5.41) is 0. The minimum absolute atomic E-state index is 0.0871. The molecule has 0 aliphatic carbocycles. The molecule has 8 heteroatoms. The van der Waals surface area contributed by atoms with Gasteiger partial charge < -0.3 is 4.90 Å². The zero-order valence-corrected chi connectivity index (χ0v) is 17.2. The predicted octanol–water partition coefficient (Wildman–Crippen LogP) is 4.35. The van der Waals surface area contributed by atoms with E-state index in [4.69, 9.17) is 0 Å². The fourth-order valence-corrected chi connectivity index (χ4v) is 3.96. The van der Waals surface area contributed by atoms with Crippen LogP contribution in [0.2, 0.25) is 0 Å². The molecule has 0 atom stereocenters. The quantitative estimate of drug-likeness (QED) is 0.632. The average Bonchev–Trinajstić information content (AvgIpc) is 2.71. The fraction of sp³-hybridized carbons (Fsp3) is 0.136. The Bertz CT molecular complexity index is 1160. The molecule has 0 aliphatic heterocycles. The average molecular weight is 430 g/mol. The molecule has 0 bridgehead atoms. The van der Waals surface area contributed by atoms with Crippen molar-refractivity contribution in [2.24, 2.45) is 0 Å². The summed E-state index contributed by atoms with van der Waals surface area (Å²) >= 11 is 0. The van der Waals surface area contributed by atoms with Gasteiger partial charge in [-0.05, 0) is 66.6 Å². The molecule has 3 aromatic carbocycles. The molecule has 3 aromatic rings. The van der Waals surface area contributed by atoms with E-state index in [1.165, 1.54) is 41.3 Å². The van der Waals surface area contributed by atoms with Gasteiger partial charge in [-0.25, -0.2) is 17.2 Å². The Hall–Kier alpha value is -3.26. The maximum Gasteiger partial charge on any atom is 0.261 e. The van der Waals surface area contributed by atoms with Crippen molar-refractivity contribution in [3.8, 4) is 0 Å². The number of hydrogen-bond acceptors (Lipinski definition) is 3. The third-order valence-corrected chi connectivity index (χ3v) is 5.90. The topological polar surface area (TPSA) is 66.5 Å². The highest BCUT2D eigenvalue weighted by molar-refractivity contribution is 7.92. The molecule has 0 unspecified atom stereocenters. The van der Waals surface area contributed by atoms with E-state index < -0.39 is 15.8 Å². The van der Waals surface area contributed by atoms with Crippen LogP contribution < -0.4 is 4.72 Å². The van der Waals surface area contributed by atoms with Crippen molar-refractivity contribution in [1.82, 2.24) is 4.90 Å². The first-order valence-corrected chi connectivity index (χ1v) is 10.5. The van der Waals surface area contributed by atoms with E-state index in [0.717, 1.165) is 17.7 Å². The number of rotatable bonds is 6. The van der Waals surface area contributed by atoms with Gasteiger partial charge in [0, 0.05) is 24.8 Å². The summed E-state index contributed by atoms with van der Waals surface area (Å²) in [4.78, 5) is 14.2. The first-order valence-electron chi connectivity index (χ1n) is 9.05. The lowest BCUT2D eigenvalue weighted by Gasteiger charge is -2.19. The number of anilines is 1. The monoisotopic (exact) mass is 430 g/mol. The van der Waals surface area contributed by atoms with Crippen molar-refractivity contribution in [3.05, 3.63) is 95.1 Å². The van der Waals surface area contributed by atoms with Gasteiger partial charge >= 0.3 is 0 Å². The van der Waals surface area contributed by atoms with E-state index in [2.05, 4.69) is 4.72 Å². The van der Waals surface area contributed by atoms with Crippen molar-refractivity contribution >= 4 is 21.6 Å². The Morgan fingerprint density at radius 1 is 0.933 bits per heavy atom. The second-order valence-corrected chi connectivity index (χ2v) is 8.56. The number of amides is 1. The van der Waals surface area contributed by atoms with Crippen LogP contribution in [0.25, 0.3) is 0 Å². The standard InChI is InChI=1S/C22H20F2N2O3S/c1-15-3-12-20(30(28,29)25-19-10-8-18(24)9-11-19)13-21(15)22(27)26(2)14-16-4-6-17(23)7-5-16/h3-13,25H,14H2,1-2H3. The summed E-state index contributed by atoms with van der Waals surface area (Å²) in [5.41, 5.74) is 1.80. The first-order chi connectivity index (χ1) is 14.2. The van der Waals surface area contributed by atoms with E-state index in [9.17, 15) is 22.0 Å². The van der Waals surface area contributed by atoms with Crippen LogP contribution in [0.15, 0.2) is 71.6 Å². The highest BCUT2D eigenvalue weighted by Gasteiger charge is 2.20. The molecule has 0 radical (unpaired) electrons. The van der Waals surface area contributed by atoms with Crippen LogP contribution in [0.5, 0.6) is 0 Å². The number of halogens is 2. The molecular weight excluding hydrogens is 410 g/mol. The molecule has 156 valence electrons. The van der Waals surface area contributed by atoms with Crippen LogP contribution in [-0.4, -0.2) is 26.3 Å². The summed E-state index contributed by atoms with van der Waals surface area (Å²) in [6, 6.07) is 15.0. The molecule has 0 fully saturated rings. The molecule has 0 aromatic heterocycles. The summed E-state index contributed by atoms with van der Waals surface area (Å²) in [6.45, 7) is 1.95. The molecule has 0 saturated carbocycles. The summed E-state index contributed by atoms with van der Waals surface area (Å²) in [5.74, 6) is -1.21. The van der Waals surface area contributed by atoms with Crippen LogP contribution in [0.1, 0.15) is 21.5 Å². The van der Waals surface area contributed by atoms with Crippen molar-refractivity contribution in [2.75, 3.05) is 11.8 Å². The van der Waals surface area contributed by atoms with E-state index in [1.54, 1.807) is 32.2 Å². The van der Waals surface area contributed by atoms with Crippen molar-refractivity contribution < 1.29 is 22.0 Å². The summed E-state index contributed by atoms with van der Waals surface area (Å²) in [6.07, 6.45) is 0. The second kappa shape index (κ2) is 8.62. The van der Waals surface area contributed by atoms with Crippen molar-refractivity contribution in [3.63, 3.8) is 0 Å². The largest absolute Gasteiger partial charge is 0.337 e. The normalized spacial score (nSPS) is 11.2. The lowest BCUT2D eigenvalue weighted by atomic mass is 10.1. The first kappa shape index (κ1) is 21.4. The SMILES string of the molecule is Cc1ccc(S(=O)(=O)Nc2ccc(F)cc2)cc1C(=O)N(C)Cc1ccc(F)cc1. The number of carbonyl (C=O) groups is 1. The zero-order chi connectivity index (χ0) is 21.9. The third-order valence-electron chi connectivity index (χ3n) is 4.53. The Morgan fingerprint density at radius 2 is 1.50 bits per heavy atom. The van der Waals surface area contributed by atoms with Crippen LogP contribution in [0.4, 0.5) is 14.5 Å². The Labute approximate surface area is 174 Å². The molecular formula is C22H20F2N2O3S. The van der Waals surface area contributed by atoms with Crippen LogP contribution >= 0.6 is 0 Å². The minimum Gasteiger partial charge on any atom is -0.337 e. The Kier molecular flexibility index (Phi) is 6.17. The van der Waals surface area contributed by atoms with E-state index in [0.29, 0.717) is 5.56 Å². The maximum absolute atomic E-state index is 13.1. The number of sulfonamides is 1. The van der Waals surface area contributed by atoms with Crippen LogP contribution in [-0.2, 0) is 16.6 Å².